The molecule has 0 aromatic carbocycles. The molecule has 0 atom stereocenters. The van der Waals surface area contributed by atoms with Gasteiger partial charge in [-0.3, -0.25) is 4.79 Å². The molecule has 0 aliphatic heterocycles. The molecular weight excluding hydrogens is 356 g/mol. The van der Waals surface area contributed by atoms with Crippen molar-refractivity contribution >= 4 is 5.97 Å². The molecule has 0 amide bonds. The van der Waals surface area contributed by atoms with Gasteiger partial charge in [0.1, 0.15) is 6.10 Å². The van der Waals surface area contributed by atoms with Gasteiger partial charge in [0.05, 0.1) is 19.8 Å². The summed E-state index contributed by atoms with van der Waals surface area (Å²) in [6, 6.07) is 0. The second-order valence-electron chi connectivity index (χ2n) is 7.42. The van der Waals surface area contributed by atoms with Gasteiger partial charge in [0, 0.05) is 13.0 Å². The largest absolute Gasteiger partial charge is 0.457 e. The van der Waals surface area contributed by atoms with Crippen LogP contribution in [0.15, 0.2) is 12.2 Å². The van der Waals surface area contributed by atoms with Gasteiger partial charge < -0.3 is 19.7 Å². The van der Waals surface area contributed by atoms with E-state index >= 15 is 0 Å². The predicted octanol–water partition coefficient (Wildman–Crippen LogP) is 4.94. The Morgan fingerprint density at radius 1 is 0.786 bits per heavy atom. The average molecular weight is 401 g/mol. The summed E-state index contributed by atoms with van der Waals surface area (Å²) in [4.78, 5) is 11.5. The van der Waals surface area contributed by atoms with Crippen molar-refractivity contribution in [2.45, 2.75) is 103 Å². The van der Waals surface area contributed by atoms with Gasteiger partial charge in [0.25, 0.3) is 0 Å². The molecule has 0 heterocycles. The van der Waals surface area contributed by atoms with E-state index in [1.807, 2.05) is 0 Å². The van der Waals surface area contributed by atoms with Crippen molar-refractivity contribution in [2.75, 3.05) is 26.4 Å². The van der Waals surface area contributed by atoms with Crippen molar-refractivity contribution in [3.63, 3.8) is 0 Å². The summed E-state index contributed by atoms with van der Waals surface area (Å²) < 4.78 is 10.6. The smallest absolute Gasteiger partial charge is 0.306 e. The zero-order valence-corrected chi connectivity index (χ0v) is 18.1. The maximum atomic E-state index is 11.5. The molecule has 5 nitrogen and oxygen atoms in total. The molecule has 0 saturated carbocycles. The van der Waals surface area contributed by atoms with E-state index in [0.29, 0.717) is 6.42 Å². The van der Waals surface area contributed by atoms with Crippen molar-refractivity contribution < 1.29 is 24.5 Å². The fraction of sp³-hybridized carbons (Fsp3) is 0.870. The van der Waals surface area contributed by atoms with E-state index in [0.717, 1.165) is 51.7 Å². The molecule has 0 aromatic rings. The summed E-state index contributed by atoms with van der Waals surface area (Å²) in [6.07, 6.45) is 19.3. The molecule has 166 valence electrons. The Morgan fingerprint density at radius 3 is 2.11 bits per heavy atom. The summed E-state index contributed by atoms with van der Waals surface area (Å²) in [7, 11) is 0. The third-order valence-electron chi connectivity index (χ3n) is 4.69. The molecule has 0 spiro atoms. The monoisotopic (exact) mass is 400 g/mol. The Morgan fingerprint density at radius 2 is 1.39 bits per heavy atom. The molecule has 0 saturated heterocycles. The van der Waals surface area contributed by atoms with E-state index in [-0.39, 0.29) is 19.2 Å². The van der Waals surface area contributed by atoms with Gasteiger partial charge in [-0.2, -0.15) is 0 Å². The lowest BCUT2D eigenvalue weighted by atomic mass is 10.1. The number of hydrogen-bond acceptors (Lipinski definition) is 5. The van der Waals surface area contributed by atoms with Crippen LogP contribution in [0.2, 0.25) is 0 Å². The Kier molecular flexibility index (Phi) is 21.7. The predicted molar refractivity (Wildman–Crippen MR) is 114 cm³/mol. The van der Waals surface area contributed by atoms with Crippen LogP contribution in [0.4, 0.5) is 0 Å². The zero-order chi connectivity index (χ0) is 20.7. The minimum absolute atomic E-state index is 0.335. The second-order valence-corrected chi connectivity index (χ2v) is 7.42. The first-order valence-electron chi connectivity index (χ1n) is 11.4. The van der Waals surface area contributed by atoms with Crippen molar-refractivity contribution in [1.82, 2.24) is 0 Å². The van der Waals surface area contributed by atoms with E-state index in [9.17, 15) is 4.79 Å². The van der Waals surface area contributed by atoms with Crippen LogP contribution in [0.1, 0.15) is 96.8 Å². The van der Waals surface area contributed by atoms with Crippen LogP contribution in [0.3, 0.4) is 0 Å². The fourth-order valence-electron chi connectivity index (χ4n) is 2.91. The Labute approximate surface area is 172 Å². The van der Waals surface area contributed by atoms with E-state index in [4.69, 9.17) is 19.7 Å². The van der Waals surface area contributed by atoms with E-state index in [1.165, 1.54) is 44.9 Å². The molecule has 0 aliphatic rings. The number of allylic oxidation sites excluding steroid dienone is 1. The van der Waals surface area contributed by atoms with Crippen LogP contribution >= 0.6 is 0 Å². The topological polar surface area (TPSA) is 76.0 Å². The van der Waals surface area contributed by atoms with Gasteiger partial charge in [0.15, 0.2) is 0 Å². The number of aliphatic hydroxyl groups excluding tert-OH is 2. The van der Waals surface area contributed by atoms with Crippen LogP contribution < -0.4 is 0 Å². The van der Waals surface area contributed by atoms with Gasteiger partial charge in [0.2, 0.25) is 0 Å². The lowest BCUT2D eigenvalue weighted by Crippen LogP contribution is -2.25. The summed E-state index contributed by atoms with van der Waals surface area (Å²) in [5.74, 6) is -0.343. The first-order chi connectivity index (χ1) is 13.7. The van der Waals surface area contributed by atoms with Crippen molar-refractivity contribution in [2.24, 2.45) is 0 Å². The zero-order valence-electron chi connectivity index (χ0n) is 18.1. The van der Waals surface area contributed by atoms with Crippen LogP contribution in [-0.2, 0) is 14.3 Å². The molecule has 0 bridgehead atoms. The number of ether oxygens (including phenoxy) is 2. The lowest BCUT2D eigenvalue weighted by Gasteiger charge is -2.12. The molecular formula is C23H44O5. The molecule has 0 rings (SSSR count). The van der Waals surface area contributed by atoms with E-state index in [1.54, 1.807) is 0 Å². The third-order valence-corrected chi connectivity index (χ3v) is 4.69. The van der Waals surface area contributed by atoms with Crippen LogP contribution in [0.5, 0.6) is 0 Å². The molecule has 28 heavy (non-hydrogen) atoms. The summed E-state index contributed by atoms with van der Waals surface area (Å²) in [6.45, 7) is 3.29. The van der Waals surface area contributed by atoms with Gasteiger partial charge in [-0.15, -0.1) is 0 Å². The number of aliphatic hydroxyl groups is 2. The summed E-state index contributed by atoms with van der Waals surface area (Å²) in [5.41, 5.74) is 0. The lowest BCUT2D eigenvalue weighted by molar-refractivity contribution is -0.153. The highest BCUT2D eigenvalue weighted by Gasteiger charge is 2.11. The number of carbonyl (C=O) groups excluding carboxylic acids is 1. The maximum absolute atomic E-state index is 11.5. The van der Waals surface area contributed by atoms with E-state index < -0.39 is 6.10 Å². The molecule has 0 aromatic heterocycles. The number of unbranched alkanes of at least 4 members (excludes halogenated alkanes) is 10. The maximum Gasteiger partial charge on any atom is 0.306 e. The SMILES string of the molecule is CCCCCCCCCOCC/C=C\CCCCCCC(=O)OC(CO)CO. The Hall–Kier alpha value is -0.910. The Balaban J connectivity index is 3.25. The van der Waals surface area contributed by atoms with Gasteiger partial charge in [-0.1, -0.05) is 70.4 Å². The molecule has 5 heteroatoms. The second kappa shape index (κ2) is 22.4. The minimum Gasteiger partial charge on any atom is -0.457 e. The molecule has 2 N–H and O–H groups in total. The summed E-state index contributed by atoms with van der Waals surface area (Å²) in [5, 5.41) is 17.7. The standard InChI is InChI=1S/C23H44O5/c1-2-3-4-5-9-12-15-18-27-19-16-13-10-7-6-8-11-14-17-23(26)28-22(20-24)21-25/h10,13,22,24-25H,2-9,11-12,14-21H2,1H3/b13-10-. The van der Waals surface area contributed by atoms with Gasteiger partial charge >= 0.3 is 5.97 Å². The van der Waals surface area contributed by atoms with Crippen molar-refractivity contribution in [1.29, 1.82) is 0 Å². The highest BCUT2D eigenvalue weighted by Crippen LogP contribution is 2.08. The first-order valence-corrected chi connectivity index (χ1v) is 11.4. The molecule has 0 fully saturated rings. The van der Waals surface area contributed by atoms with Crippen LogP contribution in [-0.4, -0.2) is 48.7 Å². The fourth-order valence-corrected chi connectivity index (χ4v) is 2.91. The minimum atomic E-state index is -0.780. The molecule has 0 unspecified atom stereocenters. The average Bonchev–Trinajstić information content (AvgIpc) is 2.71. The number of carbonyl (C=O) groups is 1. The van der Waals surface area contributed by atoms with Crippen LogP contribution in [0.25, 0.3) is 0 Å². The molecule has 0 radical (unpaired) electrons. The van der Waals surface area contributed by atoms with Gasteiger partial charge in [-0.25, -0.2) is 0 Å². The first kappa shape index (κ1) is 27.1. The Bertz CT molecular complexity index is 353. The van der Waals surface area contributed by atoms with E-state index in [2.05, 4.69) is 19.1 Å². The highest BCUT2D eigenvalue weighted by molar-refractivity contribution is 5.69. The van der Waals surface area contributed by atoms with Crippen molar-refractivity contribution in [3.05, 3.63) is 12.2 Å². The number of hydrogen-bond donors (Lipinski definition) is 2. The summed E-state index contributed by atoms with van der Waals surface area (Å²) >= 11 is 0. The van der Waals surface area contributed by atoms with Crippen molar-refractivity contribution in [3.8, 4) is 0 Å². The highest BCUT2D eigenvalue weighted by atomic mass is 16.6. The third kappa shape index (κ3) is 19.8. The molecule has 0 aliphatic carbocycles. The van der Waals surface area contributed by atoms with Crippen LogP contribution in [0, 0.1) is 0 Å². The van der Waals surface area contributed by atoms with Gasteiger partial charge in [-0.05, 0) is 32.1 Å². The normalized spacial score (nSPS) is 11.6. The number of esters is 1. The number of rotatable bonds is 21. The quantitative estimate of drug-likeness (QED) is 0.162.